The summed E-state index contributed by atoms with van der Waals surface area (Å²) in [5.74, 6) is 0.866. The normalized spacial score (nSPS) is 11.0. The number of rotatable bonds is 5. The molecule has 158 valence electrons. The van der Waals surface area contributed by atoms with E-state index in [1.807, 2.05) is 31.2 Å². The number of aromatic nitrogens is 4. The van der Waals surface area contributed by atoms with Crippen molar-refractivity contribution in [2.75, 3.05) is 12.4 Å². The third kappa shape index (κ3) is 4.15. The van der Waals surface area contributed by atoms with E-state index in [0.717, 1.165) is 11.1 Å². The maximum atomic E-state index is 12.8. The van der Waals surface area contributed by atoms with Crippen LogP contribution in [0.15, 0.2) is 53.3 Å². The summed E-state index contributed by atoms with van der Waals surface area (Å²) < 4.78 is 8.12. The monoisotopic (exact) mass is 437 g/mol. The molecule has 8 nitrogen and oxygen atoms in total. The van der Waals surface area contributed by atoms with E-state index in [1.165, 1.54) is 17.7 Å². The molecule has 0 aliphatic rings. The fourth-order valence-electron chi connectivity index (χ4n) is 3.31. The van der Waals surface area contributed by atoms with Crippen molar-refractivity contribution >= 4 is 29.0 Å². The van der Waals surface area contributed by atoms with Gasteiger partial charge in [-0.05, 0) is 38.1 Å². The van der Waals surface area contributed by atoms with Crippen molar-refractivity contribution in [2.45, 2.75) is 20.4 Å². The standard InChI is InChI=1S/C22H20ClN5O3/c1-13-5-4-6-15(9-13)21-25-22-27(14(2)10-20(30)28(22)26-21)12-19(29)24-17-11-16(23)7-8-18(17)31-3/h4-11H,12H2,1-3H3,(H,24,29). The molecule has 0 bridgehead atoms. The van der Waals surface area contributed by atoms with Gasteiger partial charge in [-0.15, -0.1) is 5.10 Å². The van der Waals surface area contributed by atoms with Gasteiger partial charge in [-0.1, -0.05) is 35.4 Å². The average molecular weight is 438 g/mol. The van der Waals surface area contributed by atoms with Crippen molar-refractivity contribution in [3.8, 4) is 17.1 Å². The highest BCUT2D eigenvalue weighted by Gasteiger charge is 2.16. The summed E-state index contributed by atoms with van der Waals surface area (Å²) in [5.41, 5.74) is 2.58. The summed E-state index contributed by atoms with van der Waals surface area (Å²) in [5, 5.41) is 7.63. The second-order valence-electron chi connectivity index (χ2n) is 7.12. The maximum Gasteiger partial charge on any atom is 0.275 e. The molecular formula is C22H20ClN5O3. The zero-order valence-corrected chi connectivity index (χ0v) is 18.0. The lowest BCUT2D eigenvalue weighted by Crippen LogP contribution is -2.25. The minimum Gasteiger partial charge on any atom is -0.495 e. The Morgan fingerprint density at radius 2 is 1.97 bits per heavy atom. The number of hydrogen-bond acceptors (Lipinski definition) is 5. The number of benzene rings is 2. The third-order valence-electron chi connectivity index (χ3n) is 4.81. The van der Waals surface area contributed by atoms with Gasteiger partial charge in [0.05, 0.1) is 12.8 Å². The summed E-state index contributed by atoms with van der Waals surface area (Å²) in [6, 6.07) is 14.1. The molecule has 4 aromatic rings. The number of nitrogens with one attached hydrogen (secondary N) is 1. The topological polar surface area (TPSA) is 90.5 Å². The Hall–Kier alpha value is -3.65. The van der Waals surface area contributed by atoms with Gasteiger partial charge in [0.2, 0.25) is 11.7 Å². The lowest BCUT2D eigenvalue weighted by molar-refractivity contribution is -0.116. The van der Waals surface area contributed by atoms with Crippen molar-refractivity contribution in [2.24, 2.45) is 0 Å². The lowest BCUT2D eigenvalue weighted by Gasteiger charge is -2.13. The molecule has 0 fully saturated rings. The molecule has 4 rings (SSSR count). The van der Waals surface area contributed by atoms with Gasteiger partial charge in [0.15, 0.2) is 5.82 Å². The van der Waals surface area contributed by atoms with E-state index >= 15 is 0 Å². The maximum absolute atomic E-state index is 12.8. The number of fused-ring (bicyclic) bond motifs is 1. The number of aryl methyl sites for hydroxylation is 2. The van der Waals surface area contributed by atoms with Crippen molar-refractivity contribution in [1.29, 1.82) is 0 Å². The number of hydrogen-bond donors (Lipinski definition) is 1. The highest BCUT2D eigenvalue weighted by atomic mass is 35.5. The average Bonchev–Trinajstić information content (AvgIpc) is 3.17. The number of halogens is 1. The lowest BCUT2D eigenvalue weighted by atomic mass is 10.1. The van der Waals surface area contributed by atoms with Crippen LogP contribution in [0.3, 0.4) is 0 Å². The van der Waals surface area contributed by atoms with Gasteiger partial charge < -0.3 is 14.6 Å². The Morgan fingerprint density at radius 1 is 1.16 bits per heavy atom. The van der Waals surface area contributed by atoms with Crippen LogP contribution in [-0.2, 0) is 11.3 Å². The number of nitrogens with zero attached hydrogens (tertiary/aromatic N) is 4. The van der Waals surface area contributed by atoms with Crippen LogP contribution >= 0.6 is 11.6 Å². The minimum absolute atomic E-state index is 0.0722. The first-order valence-electron chi connectivity index (χ1n) is 9.53. The molecule has 2 aromatic carbocycles. The van der Waals surface area contributed by atoms with Gasteiger partial charge in [-0.2, -0.15) is 9.50 Å². The van der Waals surface area contributed by atoms with E-state index in [9.17, 15) is 9.59 Å². The van der Waals surface area contributed by atoms with Gasteiger partial charge in [-0.25, -0.2) is 0 Å². The van der Waals surface area contributed by atoms with E-state index in [0.29, 0.717) is 28.0 Å². The largest absolute Gasteiger partial charge is 0.495 e. The van der Waals surface area contributed by atoms with Crippen LogP contribution in [-0.4, -0.2) is 32.2 Å². The molecule has 1 N–H and O–H groups in total. The Morgan fingerprint density at radius 3 is 2.71 bits per heavy atom. The van der Waals surface area contributed by atoms with Crippen molar-refractivity contribution in [1.82, 2.24) is 19.2 Å². The van der Waals surface area contributed by atoms with Gasteiger partial charge in [-0.3, -0.25) is 9.59 Å². The van der Waals surface area contributed by atoms with E-state index in [2.05, 4.69) is 15.4 Å². The zero-order valence-electron chi connectivity index (χ0n) is 17.2. The van der Waals surface area contributed by atoms with Gasteiger partial charge in [0.25, 0.3) is 5.56 Å². The Labute approximate surface area is 183 Å². The number of ether oxygens (including phenoxy) is 1. The third-order valence-corrected chi connectivity index (χ3v) is 5.05. The first kappa shape index (κ1) is 20.6. The van der Waals surface area contributed by atoms with Gasteiger partial charge in [0.1, 0.15) is 12.3 Å². The van der Waals surface area contributed by atoms with Gasteiger partial charge >= 0.3 is 0 Å². The molecule has 0 saturated carbocycles. The first-order chi connectivity index (χ1) is 14.9. The molecule has 2 heterocycles. The molecular weight excluding hydrogens is 418 g/mol. The highest BCUT2D eigenvalue weighted by Crippen LogP contribution is 2.27. The molecule has 0 saturated heterocycles. The summed E-state index contributed by atoms with van der Waals surface area (Å²) in [6.07, 6.45) is 0. The first-order valence-corrected chi connectivity index (χ1v) is 9.91. The number of amides is 1. The van der Waals surface area contributed by atoms with E-state index in [1.54, 1.807) is 29.7 Å². The molecule has 31 heavy (non-hydrogen) atoms. The van der Waals surface area contributed by atoms with Crippen molar-refractivity contribution < 1.29 is 9.53 Å². The predicted molar refractivity (Wildman–Crippen MR) is 119 cm³/mol. The summed E-state index contributed by atoms with van der Waals surface area (Å²) in [4.78, 5) is 29.8. The second kappa shape index (κ2) is 8.23. The fourth-order valence-corrected chi connectivity index (χ4v) is 3.49. The molecule has 0 unspecified atom stereocenters. The number of anilines is 1. The summed E-state index contributed by atoms with van der Waals surface area (Å²) >= 11 is 6.04. The Bertz CT molecular complexity index is 1360. The molecule has 1 amide bonds. The molecule has 0 spiro atoms. The smallest absolute Gasteiger partial charge is 0.275 e. The van der Waals surface area contributed by atoms with Crippen LogP contribution in [0.2, 0.25) is 5.02 Å². The SMILES string of the molecule is COc1ccc(Cl)cc1NC(=O)Cn1c(C)cc(=O)n2nc(-c3cccc(C)c3)nc12. The van der Waals surface area contributed by atoms with Crippen LogP contribution in [0, 0.1) is 13.8 Å². The highest BCUT2D eigenvalue weighted by molar-refractivity contribution is 6.31. The van der Waals surface area contributed by atoms with E-state index in [-0.39, 0.29) is 23.8 Å². The van der Waals surface area contributed by atoms with E-state index in [4.69, 9.17) is 16.3 Å². The summed E-state index contributed by atoms with van der Waals surface area (Å²) in [7, 11) is 1.51. The van der Waals surface area contributed by atoms with Crippen LogP contribution in [0.25, 0.3) is 17.2 Å². The number of methoxy groups -OCH3 is 1. The van der Waals surface area contributed by atoms with Crippen LogP contribution in [0.4, 0.5) is 5.69 Å². The van der Waals surface area contributed by atoms with E-state index < -0.39 is 0 Å². The zero-order chi connectivity index (χ0) is 22.1. The number of carbonyl (C=O) groups excluding carboxylic acids is 1. The molecule has 2 aromatic heterocycles. The molecule has 0 aliphatic heterocycles. The molecule has 0 atom stereocenters. The summed E-state index contributed by atoms with van der Waals surface area (Å²) in [6.45, 7) is 3.64. The van der Waals surface area contributed by atoms with Gasteiger partial charge in [0, 0.05) is 22.3 Å². The molecule has 0 aliphatic carbocycles. The fraction of sp³-hybridized carbons (Fsp3) is 0.182. The predicted octanol–water partition coefficient (Wildman–Crippen LogP) is 3.48. The van der Waals surface area contributed by atoms with Crippen LogP contribution in [0.5, 0.6) is 5.75 Å². The Balaban J connectivity index is 1.71. The van der Waals surface area contributed by atoms with Crippen LogP contribution in [0.1, 0.15) is 11.3 Å². The quantitative estimate of drug-likeness (QED) is 0.516. The van der Waals surface area contributed by atoms with Crippen molar-refractivity contribution in [3.05, 3.63) is 75.2 Å². The van der Waals surface area contributed by atoms with Crippen LogP contribution < -0.4 is 15.6 Å². The molecule has 9 heteroatoms. The second-order valence-corrected chi connectivity index (χ2v) is 7.56. The number of carbonyl (C=O) groups is 1. The Kier molecular flexibility index (Phi) is 5.48. The molecule has 0 radical (unpaired) electrons. The minimum atomic E-state index is -0.325. The van der Waals surface area contributed by atoms with Crippen molar-refractivity contribution in [3.63, 3.8) is 0 Å².